The number of ketones is 1. The molecule has 1 amide bonds. The number of benzene rings is 2. The minimum atomic E-state index is -0.553. The molecule has 1 fully saturated rings. The van der Waals surface area contributed by atoms with Crippen LogP contribution in [0.15, 0.2) is 47.1 Å². The first-order valence-electron chi connectivity index (χ1n) is 10.6. The molecule has 3 heterocycles. The van der Waals surface area contributed by atoms with Crippen molar-refractivity contribution in [1.82, 2.24) is 4.98 Å². The van der Waals surface area contributed by atoms with Gasteiger partial charge in [-0.25, -0.2) is 0 Å². The standard InChI is InChI=1S/C16H22BNO2.C8H4BrNO2/c1-6-11-10-18-14-8-7-12(9-13(11)14)17-19-15(2,3)16(4,5)20-17;9-4-1-2-6-5(3-4)7(11)8(12)10-6/h7-10,18H,6H2,1-5H3;1-3H,(H,10,11,12). The molecular weight excluding hydrogens is 471 g/mol. The summed E-state index contributed by atoms with van der Waals surface area (Å²) in [6.45, 7) is 10.5. The fourth-order valence-corrected chi connectivity index (χ4v) is 4.09. The molecule has 2 N–H and O–H groups in total. The van der Waals surface area contributed by atoms with Crippen molar-refractivity contribution in [3.8, 4) is 0 Å². The fraction of sp³-hybridized carbons (Fsp3) is 0.333. The first-order chi connectivity index (χ1) is 15.0. The highest BCUT2D eigenvalue weighted by Gasteiger charge is 2.51. The number of Topliss-reactive ketones (excluding diaryl/α,β-unsaturated/α-hetero) is 1. The minimum absolute atomic E-state index is 0.288. The summed E-state index contributed by atoms with van der Waals surface area (Å²) in [4.78, 5) is 25.3. The second-order valence-corrected chi connectivity index (χ2v) is 9.95. The summed E-state index contributed by atoms with van der Waals surface area (Å²) in [5, 5.41) is 3.73. The fourth-order valence-electron chi connectivity index (χ4n) is 3.73. The first-order valence-corrected chi connectivity index (χ1v) is 11.4. The number of H-pyrrole nitrogens is 1. The minimum Gasteiger partial charge on any atom is -0.399 e. The van der Waals surface area contributed by atoms with Crippen molar-refractivity contribution in [3.63, 3.8) is 0 Å². The van der Waals surface area contributed by atoms with Gasteiger partial charge in [-0.2, -0.15) is 0 Å². The molecule has 3 aromatic rings. The van der Waals surface area contributed by atoms with Gasteiger partial charge in [0.2, 0.25) is 0 Å². The second kappa shape index (κ2) is 8.17. The predicted octanol–water partition coefficient (Wildman–Crippen LogP) is 4.61. The van der Waals surface area contributed by atoms with Gasteiger partial charge in [0.1, 0.15) is 0 Å². The molecule has 32 heavy (non-hydrogen) atoms. The summed E-state index contributed by atoms with van der Waals surface area (Å²) in [7, 11) is -0.288. The van der Waals surface area contributed by atoms with E-state index in [-0.39, 0.29) is 18.3 Å². The number of aromatic amines is 1. The summed E-state index contributed by atoms with van der Waals surface area (Å²) in [5.41, 5.74) is 4.03. The van der Waals surface area contributed by atoms with E-state index in [4.69, 9.17) is 9.31 Å². The zero-order valence-corrected chi connectivity index (χ0v) is 20.4. The number of anilines is 1. The van der Waals surface area contributed by atoms with Gasteiger partial charge >= 0.3 is 7.12 Å². The van der Waals surface area contributed by atoms with Gasteiger partial charge in [-0.1, -0.05) is 35.0 Å². The van der Waals surface area contributed by atoms with Crippen molar-refractivity contribution < 1.29 is 18.9 Å². The largest absolute Gasteiger partial charge is 0.494 e. The SMILES string of the molecule is CCc1c[nH]c2ccc(B3OC(C)(C)C(C)(C)O3)cc12.O=C1Nc2ccc(Br)cc2C1=O. The number of fused-ring (bicyclic) bond motifs is 2. The van der Waals surface area contributed by atoms with Gasteiger partial charge in [-0.15, -0.1) is 0 Å². The third-order valence-electron chi connectivity index (χ3n) is 6.38. The molecule has 0 unspecified atom stereocenters. The Hall–Kier alpha value is -2.42. The monoisotopic (exact) mass is 496 g/mol. The van der Waals surface area contributed by atoms with Crippen molar-refractivity contribution >= 4 is 56.8 Å². The van der Waals surface area contributed by atoms with E-state index in [0.29, 0.717) is 11.3 Å². The van der Waals surface area contributed by atoms with Gasteiger partial charge in [-0.05, 0) is 69.4 Å². The van der Waals surface area contributed by atoms with Gasteiger partial charge in [0.15, 0.2) is 0 Å². The van der Waals surface area contributed by atoms with Crippen molar-refractivity contribution in [2.24, 2.45) is 0 Å². The van der Waals surface area contributed by atoms with Crippen LogP contribution in [0.5, 0.6) is 0 Å². The van der Waals surface area contributed by atoms with Crippen LogP contribution < -0.4 is 10.8 Å². The predicted molar refractivity (Wildman–Crippen MR) is 130 cm³/mol. The normalized spacial score (nSPS) is 18.4. The summed E-state index contributed by atoms with van der Waals surface area (Å²) in [6, 6.07) is 11.5. The summed E-state index contributed by atoms with van der Waals surface area (Å²) in [5.74, 6) is -1.02. The van der Waals surface area contributed by atoms with Crippen LogP contribution in [0, 0.1) is 0 Å². The van der Waals surface area contributed by atoms with Crippen LogP contribution in [0.3, 0.4) is 0 Å². The average molecular weight is 497 g/mol. The molecule has 1 saturated heterocycles. The first kappa shape index (κ1) is 22.8. The molecular formula is C24H26BBrN2O4. The lowest BCUT2D eigenvalue weighted by Crippen LogP contribution is -2.41. The maximum atomic E-state index is 11.1. The van der Waals surface area contributed by atoms with E-state index in [1.165, 1.54) is 16.5 Å². The molecule has 0 aliphatic carbocycles. The summed E-state index contributed by atoms with van der Waals surface area (Å²) < 4.78 is 13.0. The van der Waals surface area contributed by atoms with Crippen LogP contribution in [-0.4, -0.2) is 35.0 Å². The molecule has 0 spiro atoms. The van der Waals surface area contributed by atoms with Gasteiger partial charge in [-0.3, -0.25) is 9.59 Å². The quantitative estimate of drug-likeness (QED) is 0.401. The van der Waals surface area contributed by atoms with E-state index >= 15 is 0 Å². The van der Waals surface area contributed by atoms with E-state index in [1.54, 1.807) is 18.2 Å². The smallest absolute Gasteiger partial charge is 0.399 e. The number of hydrogen-bond acceptors (Lipinski definition) is 4. The Labute approximate surface area is 196 Å². The number of hydrogen-bond donors (Lipinski definition) is 2. The Balaban J connectivity index is 0.000000174. The second-order valence-electron chi connectivity index (χ2n) is 9.03. The Bertz CT molecular complexity index is 1200. The third kappa shape index (κ3) is 4.03. The molecule has 2 aliphatic rings. The zero-order chi connectivity index (χ0) is 23.3. The van der Waals surface area contributed by atoms with Crippen LogP contribution in [-0.2, 0) is 20.5 Å². The lowest BCUT2D eigenvalue weighted by Gasteiger charge is -2.32. The number of aromatic nitrogens is 1. The van der Waals surface area contributed by atoms with Gasteiger partial charge in [0.25, 0.3) is 11.7 Å². The Kier molecular flexibility index (Phi) is 5.82. The molecule has 2 aromatic carbocycles. The van der Waals surface area contributed by atoms with E-state index < -0.39 is 11.7 Å². The molecule has 0 radical (unpaired) electrons. The third-order valence-corrected chi connectivity index (χ3v) is 6.87. The van der Waals surface area contributed by atoms with Gasteiger partial charge in [0, 0.05) is 21.6 Å². The lowest BCUT2D eigenvalue weighted by molar-refractivity contribution is -0.112. The molecule has 2 aliphatic heterocycles. The molecule has 8 heteroatoms. The molecule has 0 saturated carbocycles. The van der Waals surface area contributed by atoms with Gasteiger partial charge in [0.05, 0.1) is 22.5 Å². The van der Waals surface area contributed by atoms with Crippen LogP contribution in [0.4, 0.5) is 5.69 Å². The summed E-state index contributed by atoms with van der Waals surface area (Å²) in [6.07, 6.45) is 3.10. The van der Waals surface area contributed by atoms with Crippen LogP contribution in [0.1, 0.15) is 50.5 Å². The molecule has 166 valence electrons. The van der Waals surface area contributed by atoms with Crippen molar-refractivity contribution in [2.45, 2.75) is 52.2 Å². The van der Waals surface area contributed by atoms with E-state index in [9.17, 15) is 9.59 Å². The number of carbonyl (C=O) groups excluding carboxylic acids is 2. The molecule has 5 rings (SSSR count). The maximum absolute atomic E-state index is 11.1. The van der Waals surface area contributed by atoms with Crippen molar-refractivity contribution in [3.05, 3.63) is 58.2 Å². The highest BCUT2D eigenvalue weighted by atomic mass is 79.9. The Morgan fingerprint density at radius 3 is 2.34 bits per heavy atom. The van der Waals surface area contributed by atoms with E-state index in [2.05, 4.69) is 85.2 Å². The van der Waals surface area contributed by atoms with Crippen LogP contribution in [0.25, 0.3) is 10.9 Å². The maximum Gasteiger partial charge on any atom is 0.494 e. The van der Waals surface area contributed by atoms with Crippen molar-refractivity contribution in [2.75, 3.05) is 5.32 Å². The highest BCUT2D eigenvalue weighted by Crippen LogP contribution is 2.36. The number of amides is 1. The Morgan fingerprint density at radius 1 is 1.00 bits per heavy atom. The molecule has 0 bridgehead atoms. The number of rotatable bonds is 2. The molecule has 0 atom stereocenters. The topological polar surface area (TPSA) is 80.4 Å². The average Bonchev–Trinajstić information content (AvgIpc) is 3.34. The van der Waals surface area contributed by atoms with E-state index in [1.807, 2.05) is 0 Å². The lowest BCUT2D eigenvalue weighted by atomic mass is 9.78. The van der Waals surface area contributed by atoms with Gasteiger partial charge < -0.3 is 19.6 Å². The number of aryl methyl sites for hydroxylation is 1. The zero-order valence-electron chi connectivity index (χ0n) is 18.8. The molecule has 1 aromatic heterocycles. The van der Waals surface area contributed by atoms with Crippen molar-refractivity contribution in [1.29, 1.82) is 0 Å². The van der Waals surface area contributed by atoms with Crippen LogP contribution in [0.2, 0.25) is 0 Å². The summed E-state index contributed by atoms with van der Waals surface area (Å²) >= 11 is 3.22. The number of carbonyl (C=O) groups is 2. The van der Waals surface area contributed by atoms with Crippen LogP contribution >= 0.6 is 15.9 Å². The Morgan fingerprint density at radius 2 is 1.69 bits per heavy atom. The van der Waals surface area contributed by atoms with E-state index in [0.717, 1.165) is 16.4 Å². The number of nitrogens with one attached hydrogen (secondary N) is 2. The molecule has 6 nitrogen and oxygen atoms in total. The number of halogens is 1. The highest BCUT2D eigenvalue weighted by molar-refractivity contribution is 9.10.